The summed E-state index contributed by atoms with van der Waals surface area (Å²) in [6, 6.07) is 4.25. The predicted molar refractivity (Wildman–Crippen MR) is 67.5 cm³/mol. The molecule has 3 nitrogen and oxygen atoms in total. The summed E-state index contributed by atoms with van der Waals surface area (Å²) in [5, 5.41) is 3.49. The first-order chi connectivity index (χ1) is 7.53. The zero-order valence-electron chi connectivity index (χ0n) is 10.9. The molecule has 92 valence electrons. The van der Waals surface area contributed by atoms with Crippen molar-refractivity contribution in [2.24, 2.45) is 0 Å². The second-order valence-corrected chi connectivity index (χ2v) is 4.99. The van der Waals surface area contributed by atoms with E-state index in [1.807, 2.05) is 6.92 Å². The van der Waals surface area contributed by atoms with Crippen molar-refractivity contribution in [3.8, 4) is 0 Å². The van der Waals surface area contributed by atoms with E-state index in [9.17, 15) is 0 Å². The van der Waals surface area contributed by atoms with Crippen LogP contribution < -0.4 is 5.32 Å². The van der Waals surface area contributed by atoms with Crippen LogP contribution in [0.25, 0.3) is 0 Å². The summed E-state index contributed by atoms with van der Waals surface area (Å²) in [5.41, 5.74) is 1.48. The molecule has 0 saturated heterocycles. The molecular formula is C13H24N2O. The number of nitrogens with zero attached hydrogens (tertiary/aromatic N) is 1. The Bertz CT molecular complexity index is 299. The van der Waals surface area contributed by atoms with Gasteiger partial charge in [0.25, 0.3) is 0 Å². The van der Waals surface area contributed by atoms with Crippen LogP contribution in [0.1, 0.15) is 33.4 Å². The Hall–Kier alpha value is -0.800. The first-order valence-electron chi connectivity index (χ1n) is 5.99. The summed E-state index contributed by atoms with van der Waals surface area (Å²) in [7, 11) is 0. The molecule has 0 radical (unpaired) electrons. The Labute approximate surface area is 98.8 Å². The van der Waals surface area contributed by atoms with Crippen molar-refractivity contribution in [2.45, 2.75) is 46.3 Å². The van der Waals surface area contributed by atoms with Crippen molar-refractivity contribution in [2.75, 3.05) is 13.2 Å². The smallest absolute Gasteiger partial charge is 0.0645 e. The van der Waals surface area contributed by atoms with E-state index >= 15 is 0 Å². The molecule has 0 aliphatic heterocycles. The molecule has 0 atom stereocenters. The number of hydrogen-bond donors (Lipinski definition) is 1. The fourth-order valence-corrected chi connectivity index (χ4v) is 1.49. The van der Waals surface area contributed by atoms with Crippen LogP contribution in [0.2, 0.25) is 0 Å². The lowest BCUT2D eigenvalue weighted by Gasteiger charge is -2.21. The van der Waals surface area contributed by atoms with Crippen molar-refractivity contribution in [3.63, 3.8) is 0 Å². The lowest BCUT2D eigenvalue weighted by atomic mass is 10.1. The summed E-state index contributed by atoms with van der Waals surface area (Å²) < 4.78 is 7.61. The summed E-state index contributed by atoms with van der Waals surface area (Å²) in [5.74, 6) is 0. The van der Waals surface area contributed by atoms with E-state index in [1.54, 1.807) is 0 Å². The van der Waals surface area contributed by atoms with Crippen molar-refractivity contribution < 1.29 is 4.74 Å². The molecule has 1 aromatic rings. The topological polar surface area (TPSA) is 26.2 Å². The third-order valence-electron chi connectivity index (χ3n) is 2.40. The molecule has 0 aromatic carbocycles. The van der Waals surface area contributed by atoms with E-state index in [2.05, 4.69) is 49.0 Å². The molecule has 0 aliphatic carbocycles. The molecule has 1 rings (SSSR count). The average molecular weight is 224 g/mol. The fraction of sp³-hybridized carbons (Fsp3) is 0.692. The van der Waals surface area contributed by atoms with Crippen molar-refractivity contribution in [3.05, 3.63) is 24.0 Å². The quantitative estimate of drug-likeness (QED) is 0.751. The predicted octanol–water partition coefficient (Wildman–Crippen LogP) is 2.41. The van der Waals surface area contributed by atoms with Gasteiger partial charge in [-0.15, -0.1) is 0 Å². The molecule has 0 amide bonds. The van der Waals surface area contributed by atoms with E-state index in [0.29, 0.717) is 0 Å². The minimum absolute atomic E-state index is 0.162. The molecule has 1 N–H and O–H groups in total. The van der Waals surface area contributed by atoms with Gasteiger partial charge in [-0.05, 0) is 39.8 Å². The van der Waals surface area contributed by atoms with Crippen LogP contribution in [0.4, 0.5) is 0 Å². The van der Waals surface area contributed by atoms with Gasteiger partial charge in [0.05, 0.1) is 6.61 Å². The van der Waals surface area contributed by atoms with E-state index in [4.69, 9.17) is 4.74 Å². The molecule has 0 aliphatic rings. The Morgan fingerprint density at radius 1 is 1.38 bits per heavy atom. The maximum atomic E-state index is 5.37. The second-order valence-electron chi connectivity index (χ2n) is 4.99. The molecule has 1 heterocycles. The molecule has 0 unspecified atom stereocenters. The van der Waals surface area contributed by atoms with Crippen LogP contribution in [-0.4, -0.2) is 23.3 Å². The molecule has 0 fully saturated rings. The van der Waals surface area contributed by atoms with Gasteiger partial charge in [0.15, 0.2) is 0 Å². The third kappa shape index (κ3) is 4.81. The van der Waals surface area contributed by atoms with Crippen molar-refractivity contribution in [1.82, 2.24) is 9.88 Å². The summed E-state index contributed by atoms with van der Waals surface area (Å²) in [6.45, 7) is 12.0. The van der Waals surface area contributed by atoms with Crippen LogP contribution in [0.3, 0.4) is 0 Å². The van der Waals surface area contributed by atoms with Gasteiger partial charge >= 0.3 is 0 Å². The fourth-order valence-electron chi connectivity index (χ4n) is 1.49. The third-order valence-corrected chi connectivity index (χ3v) is 2.40. The van der Waals surface area contributed by atoms with Gasteiger partial charge in [-0.3, -0.25) is 0 Å². The zero-order valence-corrected chi connectivity index (χ0v) is 10.9. The first kappa shape index (κ1) is 13.3. The van der Waals surface area contributed by atoms with Crippen LogP contribution in [-0.2, 0) is 17.8 Å². The Kier molecular flexibility index (Phi) is 5.03. The SMILES string of the molecule is CCOCCn1cccc1CNC(C)(C)C. The largest absolute Gasteiger partial charge is 0.380 e. The van der Waals surface area contributed by atoms with Gasteiger partial charge in [-0.1, -0.05) is 0 Å². The minimum atomic E-state index is 0.162. The number of aromatic nitrogens is 1. The van der Waals surface area contributed by atoms with Crippen LogP contribution in [0.5, 0.6) is 0 Å². The monoisotopic (exact) mass is 224 g/mol. The maximum Gasteiger partial charge on any atom is 0.0645 e. The maximum absolute atomic E-state index is 5.37. The molecule has 0 saturated carbocycles. The molecule has 0 bridgehead atoms. The molecule has 1 aromatic heterocycles. The van der Waals surface area contributed by atoms with Gasteiger partial charge in [0.2, 0.25) is 0 Å². The summed E-state index contributed by atoms with van der Waals surface area (Å²) >= 11 is 0. The first-order valence-corrected chi connectivity index (χ1v) is 5.99. The molecular weight excluding hydrogens is 200 g/mol. The van der Waals surface area contributed by atoms with E-state index in [-0.39, 0.29) is 5.54 Å². The van der Waals surface area contributed by atoms with E-state index in [0.717, 1.165) is 26.3 Å². The Morgan fingerprint density at radius 2 is 2.12 bits per heavy atom. The van der Waals surface area contributed by atoms with Gasteiger partial charge in [0.1, 0.15) is 0 Å². The minimum Gasteiger partial charge on any atom is -0.380 e. The van der Waals surface area contributed by atoms with Crippen LogP contribution in [0.15, 0.2) is 18.3 Å². The van der Waals surface area contributed by atoms with Crippen molar-refractivity contribution >= 4 is 0 Å². The Morgan fingerprint density at radius 3 is 2.75 bits per heavy atom. The lowest BCUT2D eigenvalue weighted by molar-refractivity contribution is 0.138. The number of hydrogen-bond acceptors (Lipinski definition) is 2. The number of rotatable bonds is 6. The van der Waals surface area contributed by atoms with Crippen molar-refractivity contribution in [1.29, 1.82) is 0 Å². The van der Waals surface area contributed by atoms with Crippen LogP contribution >= 0.6 is 0 Å². The van der Waals surface area contributed by atoms with Gasteiger partial charge in [-0.25, -0.2) is 0 Å². The lowest BCUT2D eigenvalue weighted by Crippen LogP contribution is -2.35. The molecule has 0 spiro atoms. The van der Waals surface area contributed by atoms with Gasteiger partial charge in [0, 0.05) is 37.1 Å². The summed E-state index contributed by atoms with van der Waals surface area (Å²) in [4.78, 5) is 0. The van der Waals surface area contributed by atoms with Gasteiger partial charge < -0.3 is 14.6 Å². The highest BCUT2D eigenvalue weighted by atomic mass is 16.5. The highest BCUT2D eigenvalue weighted by Crippen LogP contribution is 2.06. The van der Waals surface area contributed by atoms with E-state index < -0.39 is 0 Å². The Balaban J connectivity index is 2.44. The standard InChI is InChI=1S/C13H24N2O/c1-5-16-10-9-15-8-6-7-12(15)11-14-13(2,3)4/h6-8,14H,5,9-11H2,1-4H3. The average Bonchev–Trinajstić information content (AvgIpc) is 2.62. The van der Waals surface area contributed by atoms with Crippen LogP contribution in [0, 0.1) is 0 Å². The molecule has 3 heteroatoms. The molecule has 16 heavy (non-hydrogen) atoms. The second kappa shape index (κ2) is 6.06. The van der Waals surface area contributed by atoms with Gasteiger partial charge in [-0.2, -0.15) is 0 Å². The van der Waals surface area contributed by atoms with E-state index in [1.165, 1.54) is 5.69 Å². The number of nitrogens with one attached hydrogen (secondary N) is 1. The highest BCUT2D eigenvalue weighted by molar-refractivity contribution is 5.07. The highest BCUT2D eigenvalue weighted by Gasteiger charge is 2.09. The number of ether oxygens (including phenoxy) is 1. The zero-order chi connectivity index (χ0) is 12.0. The normalized spacial score (nSPS) is 12.0. The summed E-state index contributed by atoms with van der Waals surface area (Å²) in [6.07, 6.45) is 2.11.